The Hall–Kier alpha value is -3.59. The van der Waals surface area contributed by atoms with Gasteiger partial charge in [0.05, 0.1) is 17.0 Å². The molecule has 0 spiro atoms. The average molecular weight is 354 g/mol. The van der Waals surface area contributed by atoms with Gasteiger partial charge in [0.15, 0.2) is 0 Å². The van der Waals surface area contributed by atoms with Gasteiger partial charge in [-0.2, -0.15) is 0 Å². The highest BCUT2D eigenvalue weighted by Gasteiger charge is 2.39. The third kappa shape index (κ3) is 3.42. The van der Waals surface area contributed by atoms with Crippen molar-refractivity contribution in [1.29, 1.82) is 0 Å². The van der Waals surface area contributed by atoms with Crippen molar-refractivity contribution < 1.29 is 19.3 Å². The SMILES string of the molecule is O=C(NN[C@H]1CC(=O)N(c2ccccc2)C1=O)c1cccc([N+](=O)[O-])c1. The van der Waals surface area contributed by atoms with Gasteiger partial charge in [-0.3, -0.25) is 29.9 Å². The lowest BCUT2D eigenvalue weighted by Crippen LogP contribution is -2.48. The largest absolute Gasteiger partial charge is 0.287 e. The number of nitro benzene ring substituents is 1. The van der Waals surface area contributed by atoms with E-state index in [1.165, 1.54) is 18.2 Å². The lowest BCUT2D eigenvalue weighted by molar-refractivity contribution is -0.384. The van der Waals surface area contributed by atoms with E-state index in [4.69, 9.17) is 0 Å². The van der Waals surface area contributed by atoms with E-state index in [0.717, 1.165) is 11.0 Å². The van der Waals surface area contributed by atoms with Gasteiger partial charge in [0.25, 0.3) is 17.5 Å². The van der Waals surface area contributed by atoms with Crippen LogP contribution in [0.3, 0.4) is 0 Å². The highest BCUT2D eigenvalue weighted by molar-refractivity contribution is 6.22. The second kappa shape index (κ2) is 7.11. The van der Waals surface area contributed by atoms with E-state index >= 15 is 0 Å². The van der Waals surface area contributed by atoms with E-state index in [2.05, 4.69) is 10.9 Å². The van der Waals surface area contributed by atoms with Crippen molar-refractivity contribution in [3.05, 3.63) is 70.3 Å². The number of nitro groups is 1. The van der Waals surface area contributed by atoms with Crippen LogP contribution in [0.2, 0.25) is 0 Å². The number of para-hydroxylation sites is 1. The number of hydrazine groups is 1. The standard InChI is InChI=1S/C17H14N4O5/c22-15-10-14(17(24)20(15)12-6-2-1-3-7-12)18-19-16(23)11-5-4-8-13(9-11)21(25)26/h1-9,14,18H,10H2,(H,19,23)/t14-/m0/s1. The van der Waals surface area contributed by atoms with Crippen molar-refractivity contribution in [1.82, 2.24) is 10.9 Å². The van der Waals surface area contributed by atoms with E-state index in [-0.39, 0.29) is 23.6 Å². The smallest absolute Gasteiger partial charge is 0.270 e. The number of rotatable bonds is 5. The summed E-state index contributed by atoms with van der Waals surface area (Å²) in [7, 11) is 0. The Morgan fingerprint density at radius 3 is 2.54 bits per heavy atom. The number of nitrogens with one attached hydrogen (secondary N) is 2. The molecule has 9 heteroatoms. The van der Waals surface area contributed by atoms with Gasteiger partial charge in [0.2, 0.25) is 5.91 Å². The molecule has 2 N–H and O–H groups in total. The average Bonchev–Trinajstić information content (AvgIpc) is 2.94. The zero-order valence-corrected chi connectivity index (χ0v) is 13.4. The second-order valence-corrected chi connectivity index (χ2v) is 5.57. The summed E-state index contributed by atoms with van der Waals surface area (Å²) < 4.78 is 0. The molecule has 132 valence electrons. The zero-order chi connectivity index (χ0) is 18.7. The number of nitrogens with zero attached hydrogens (tertiary/aromatic N) is 2. The highest BCUT2D eigenvalue weighted by Crippen LogP contribution is 2.22. The molecule has 0 radical (unpaired) electrons. The Bertz CT molecular complexity index is 884. The van der Waals surface area contributed by atoms with Gasteiger partial charge in [-0.1, -0.05) is 24.3 Å². The van der Waals surface area contributed by atoms with Gasteiger partial charge in [-0.15, -0.1) is 0 Å². The maximum Gasteiger partial charge on any atom is 0.270 e. The summed E-state index contributed by atoms with van der Waals surface area (Å²) in [6.07, 6.45) is -0.108. The highest BCUT2D eigenvalue weighted by atomic mass is 16.6. The molecule has 2 aromatic rings. The molecule has 2 aromatic carbocycles. The van der Waals surface area contributed by atoms with E-state index < -0.39 is 22.8 Å². The van der Waals surface area contributed by atoms with Crippen molar-refractivity contribution >= 4 is 29.1 Å². The molecule has 1 atom stereocenters. The molecule has 1 saturated heterocycles. The summed E-state index contributed by atoms with van der Waals surface area (Å²) in [6, 6.07) is 12.7. The summed E-state index contributed by atoms with van der Waals surface area (Å²) in [4.78, 5) is 47.8. The zero-order valence-electron chi connectivity index (χ0n) is 13.4. The number of hydrogen-bond donors (Lipinski definition) is 2. The minimum atomic E-state index is -0.912. The van der Waals surface area contributed by atoms with Crippen molar-refractivity contribution in [2.75, 3.05) is 4.90 Å². The van der Waals surface area contributed by atoms with Crippen molar-refractivity contribution in [2.45, 2.75) is 12.5 Å². The van der Waals surface area contributed by atoms with Crippen LogP contribution in [-0.4, -0.2) is 28.7 Å². The van der Waals surface area contributed by atoms with Crippen LogP contribution in [0.4, 0.5) is 11.4 Å². The monoisotopic (exact) mass is 354 g/mol. The third-order valence-electron chi connectivity index (χ3n) is 3.84. The maximum atomic E-state index is 12.4. The molecule has 1 aliphatic rings. The lowest BCUT2D eigenvalue weighted by Gasteiger charge is -2.15. The van der Waals surface area contributed by atoms with Gasteiger partial charge < -0.3 is 0 Å². The van der Waals surface area contributed by atoms with E-state index in [9.17, 15) is 24.5 Å². The molecule has 3 amide bonds. The van der Waals surface area contributed by atoms with Gasteiger partial charge in [0.1, 0.15) is 6.04 Å². The number of anilines is 1. The summed E-state index contributed by atoms with van der Waals surface area (Å²) in [6.45, 7) is 0. The van der Waals surface area contributed by atoms with Crippen LogP contribution < -0.4 is 15.8 Å². The molecule has 0 aliphatic carbocycles. The number of carbonyl (C=O) groups is 3. The minimum absolute atomic E-state index is 0.0587. The molecular formula is C17H14N4O5. The number of non-ortho nitro benzene ring substituents is 1. The van der Waals surface area contributed by atoms with Crippen molar-refractivity contribution in [3.63, 3.8) is 0 Å². The fraction of sp³-hybridized carbons (Fsp3) is 0.118. The van der Waals surface area contributed by atoms with Gasteiger partial charge in [0, 0.05) is 17.7 Å². The van der Waals surface area contributed by atoms with E-state index in [1.54, 1.807) is 30.3 Å². The first-order valence-electron chi connectivity index (χ1n) is 7.69. The molecule has 1 fully saturated rings. The van der Waals surface area contributed by atoms with Gasteiger partial charge in [-0.05, 0) is 18.2 Å². The number of benzene rings is 2. The molecule has 1 aliphatic heterocycles. The summed E-state index contributed by atoms with van der Waals surface area (Å²) in [5.41, 5.74) is 5.14. The Labute approximate surface area is 147 Å². The first-order chi connectivity index (χ1) is 12.5. The second-order valence-electron chi connectivity index (χ2n) is 5.57. The molecule has 0 bridgehead atoms. The fourth-order valence-corrected chi connectivity index (χ4v) is 2.58. The minimum Gasteiger partial charge on any atom is -0.287 e. The first kappa shape index (κ1) is 17.2. The van der Waals surface area contributed by atoms with E-state index in [1.807, 2.05) is 0 Å². The quantitative estimate of drug-likeness (QED) is 0.472. The molecule has 9 nitrogen and oxygen atoms in total. The first-order valence-corrected chi connectivity index (χ1v) is 7.69. The fourth-order valence-electron chi connectivity index (χ4n) is 2.58. The summed E-state index contributed by atoms with van der Waals surface area (Å²) >= 11 is 0. The summed E-state index contributed by atoms with van der Waals surface area (Å²) in [5.74, 6) is -1.52. The lowest BCUT2D eigenvalue weighted by atomic mass is 10.2. The number of imide groups is 1. The number of carbonyl (C=O) groups excluding carboxylic acids is 3. The van der Waals surface area contributed by atoms with Crippen molar-refractivity contribution in [2.24, 2.45) is 0 Å². The Balaban J connectivity index is 1.66. The molecule has 1 heterocycles. The molecule has 26 heavy (non-hydrogen) atoms. The predicted octanol–water partition coefficient (Wildman–Crippen LogP) is 1.16. The topological polar surface area (TPSA) is 122 Å². The molecular weight excluding hydrogens is 340 g/mol. The van der Waals surface area contributed by atoms with Crippen molar-refractivity contribution in [3.8, 4) is 0 Å². The van der Waals surface area contributed by atoms with Gasteiger partial charge >= 0.3 is 0 Å². The molecule has 0 saturated carbocycles. The summed E-state index contributed by atoms with van der Waals surface area (Å²) in [5, 5.41) is 10.8. The van der Waals surface area contributed by atoms with Gasteiger partial charge in [-0.25, -0.2) is 10.3 Å². The van der Waals surface area contributed by atoms with Crippen LogP contribution in [0.5, 0.6) is 0 Å². The molecule has 0 aromatic heterocycles. The van der Waals surface area contributed by atoms with Crippen LogP contribution in [0, 0.1) is 10.1 Å². The van der Waals surface area contributed by atoms with Crippen LogP contribution in [0.25, 0.3) is 0 Å². The third-order valence-corrected chi connectivity index (χ3v) is 3.84. The predicted molar refractivity (Wildman–Crippen MR) is 91.0 cm³/mol. The van der Waals surface area contributed by atoms with E-state index in [0.29, 0.717) is 5.69 Å². The van der Waals surface area contributed by atoms with Crippen LogP contribution in [0.1, 0.15) is 16.8 Å². The molecule has 0 unspecified atom stereocenters. The Morgan fingerprint density at radius 1 is 1.12 bits per heavy atom. The molecule has 3 rings (SSSR count). The van der Waals surface area contributed by atoms with Crippen LogP contribution >= 0.6 is 0 Å². The Morgan fingerprint density at radius 2 is 1.85 bits per heavy atom. The Kier molecular flexibility index (Phi) is 4.72. The van der Waals surface area contributed by atoms with Crippen LogP contribution in [0.15, 0.2) is 54.6 Å². The normalized spacial score (nSPS) is 16.6. The number of amides is 3. The number of hydrogen-bond acceptors (Lipinski definition) is 6. The maximum absolute atomic E-state index is 12.4. The van der Waals surface area contributed by atoms with Crippen LogP contribution in [-0.2, 0) is 9.59 Å².